The number of ether oxygens (including phenoxy) is 1. The van der Waals surface area contributed by atoms with Crippen LogP contribution in [-0.4, -0.2) is 29.8 Å². The zero-order chi connectivity index (χ0) is 15.0. The number of hydrogen-bond donors (Lipinski definition) is 2. The molecule has 0 saturated heterocycles. The topological polar surface area (TPSA) is 58.6 Å². The van der Waals surface area contributed by atoms with E-state index in [0.29, 0.717) is 26.0 Å². The second-order valence-corrected chi connectivity index (χ2v) is 5.33. The molecule has 0 aliphatic carbocycles. The van der Waals surface area contributed by atoms with Crippen LogP contribution in [0.5, 0.6) is 5.75 Å². The Morgan fingerprint density at radius 1 is 1.45 bits per heavy atom. The van der Waals surface area contributed by atoms with Gasteiger partial charge in [0, 0.05) is 0 Å². The van der Waals surface area contributed by atoms with Crippen molar-refractivity contribution in [3.63, 3.8) is 0 Å². The molecular weight excluding hydrogens is 254 g/mol. The highest BCUT2D eigenvalue weighted by Crippen LogP contribution is 2.16. The Morgan fingerprint density at radius 2 is 2.20 bits per heavy atom. The van der Waals surface area contributed by atoms with Crippen molar-refractivity contribution in [3.05, 3.63) is 29.8 Å². The van der Waals surface area contributed by atoms with Crippen molar-refractivity contribution in [1.29, 1.82) is 0 Å². The van der Waals surface area contributed by atoms with E-state index in [2.05, 4.69) is 5.32 Å². The van der Waals surface area contributed by atoms with Gasteiger partial charge in [0.2, 0.25) is 0 Å². The second kappa shape index (κ2) is 7.90. The Hall–Kier alpha value is -1.55. The molecule has 0 fully saturated rings. The highest BCUT2D eigenvalue weighted by molar-refractivity contribution is 5.78. The number of carbonyl (C=O) groups is 1. The zero-order valence-electron chi connectivity index (χ0n) is 12.6. The third-order valence-corrected chi connectivity index (χ3v) is 3.32. The monoisotopic (exact) mass is 279 g/mol. The predicted molar refractivity (Wildman–Crippen MR) is 80.2 cm³/mol. The molecule has 0 aliphatic heterocycles. The Kier molecular flexibility index (Phi) is 6.52. The smallest absolute Gasteiger partial charge is 0.323 e. The predicted octanol–water partition coefficient (Wildman–Crippen LogP) is 3.00. The van der Waals surface area contributed by atoms with E-state index in [1.807, 2.05) is 38.1 Å². The Morgan fingerprint density at radius 3 is 2.80 bits per heavy atom. The SMILES string of the molecule is CCCNC(C)(CCCOc1cccc(C)c1)C(=O)O. The molecule has 20 heavy (non-hydrogen) atoms. The van der Waals surface area contributed by atoms with Crippen molar-refractivity contribution in [3.8, 4) is 5.75 Å². The average molecular weight is 279 g/mol. The summed E-state index contributed by atoms with van der Waals surface area (Å²) in [6.45, 7) is 7.01. The largest absolute Gasteiger partial charge is 0.494 e. The molecular formula is C16H25NO3. The highest BCUT2D eigenvalue weighted by atomic mass is 16.5. The fourth-order valence-electron chi connectivity index (χ4n) is 1.99. The summed E-state index contributed by atoms with van der Waals surface area (Å²) in [5.74, 6) is 0.0325. The molecule has 1 rings (SSSR count). The second-order valence-electron chi connectivity index (χ2n) is 5.33. The zero-order valence-corrected chi connectivity index (χ0v) is 12.6. The lowest BCUT2D eigenvalue weighted by Gasteiger charge is -2.26. The summed E-state index contributed by atoms with van der Waals surface area (Å²) in [6, 6.07) is 7.86. The van der Waals surface area contributed by atoms with Crippen LogP contribution in [0.4, 0.5) is 0 Å². The van der Waals surface area contributed by atoms with Crippen LogP contribution >= 0.6 is 0 Å². The summed E-state index contributed by atoms with van der Waals surface area (Å²) < 4.78 is 5.65. The summed E-state index contributed by atoms with van der Waals surface area (Å²) in [5, 5.41) is 12.4. The molecule has 1 unspecified atom stereocenters. The van der Waals surface area contributed by atoms with Gasteiger partial charge in [0.1, 0.15) is 11.3 Å². The van der Waals surface area contributed by atoms with E-state index in [1.165, 1.54) is 0 Å². The van der Waals surface area contributed by atoms with Gasteiger partial charge in [0.25, 0.3) is 0 Å². The first-order valence-electron chi connectivity index (χ1n) is 7.16. The van der Waals surface area contributed by atoms with E-state index in [1.54, 1.807) is 6.92 Å². The third kappa shape index (κ3) is 5.21. The Bertz CT molecular complexity index is 433. The van der Waals surface area contributed by atoms with Crippen LogP contribution < -0.4 is 10.1 Å². The lowest BCUT2D eigenvalue weighted by molar-refractivity contribution is -0.144. The van der Waals surface area contributed by atoms with Gasteiger partial charge in [-0.15, -0.1) is 0 Å². The molecule has 4 nitrogen and oxygen atoms in total. The number of carboxylic acid groups (broad SMARTS) is 1. The van der Waals surface area contributed by atoms with E-state index in [-0.39, 0.29) is 0 Å². The minimum Gasteiger partial charge on any atom is -0.494 e. The summed E-state index contributed by atoms with van der Waals surface area (Å²) in [7, 11) is 0. The fraction of sp³-hybridized carbons (Fsp3) is 0.562. The van der Waals surface area contributed by atoms with Crippen LogP contribution in [0, 0.1) is 6.92 Å². The van der Waals surface area contributed by atoms with Gasteiger partial charge in [-0.1, -0.05) is 19.1 Å². The highest BCUT2D eigenvalue weighted by Gasteiger charge is 2.31. The number of carboxylic acids is 1. The maximum absolute atomic E-state index is 11.3. The minimum atomic E-state index is -0.869. The fourth-order valence-corrected chi connectivity index (χ4v) is 1.99. The molecule has 0 radical (unpaired) electrons. The normalized spacial score (nSPS) is 13.8. The Labute approximate surface area is 121 Å². The molecule has 0 saturated carbocycles. The van der Waals surface area contributed by atoms with Crippen molar-refractivity contribution in [2.75, 3.05) is 13.2 Å². The van der Waals surface area contributed by atoms with Gasteiger partial charge in [-0.2, -0.15) is 0 Å². The van der Waals surface area contributed by atoms with Crippen LogP contribution in [0.2, 0.25) is 0 Å². The quantitative estimate of drug-likeness (QED) is 0.682. The molecule has 112 valence electrons. The summed E-state index contributed by atoms with van der Waals surface area (Å²) in [5.41, 5.74) is 0.286. The molecule has 1 aromatic carbocycles. The van der Waals surface area contributed by atoms with E-state index in [4.69, 9.17) is 4.74 Å². The van der Waals surface area contributed by atoms with Gasteiger partial charge in [0.15, 0.2) is 0 Å². The van der Waals surface area contributed by atoms with Gasteiger partial charge in [-0.05, 0) is 57.4 Å². The molecule has 0 amide bonds. The molecule has 2 N–H and O–H groups in total. The molecule has 0 spiro atoms. The lowest BCUT2D eigenvalue weighted by atomic mass is 9.96. The molecule has 1 aromatic rings. The summed E-state index contributed by atoms with van der Waals surface area (Å²) in [6.07, 6.45) is 2.17. The first kappa shape index (κ1) is 16.5. The summed E-state index contributed by atoms with van der Waals surface area (Å²) in [4.78, 5) is 11.3. The first-order valence-corrected chi connectivity index (χ1v) is 7.16. The molecule has 0 heterocycles. The standard InChI is InChI=1S/C16H25NO3/c1-4-10-17-16(3,15(18)19)9-6-11-20-14-8-5-7-13(2)12-14/h5,7-8,12,17H,4,6,9-11H2,1-3H3,(H,18,19). The molecule has 4 heteroatoms. The van der Waals surface area contributed by atoms with Crippen LogP contribution in [0.3, 0.4) is 0 Å². The van der Waals surface area contributed by atoms with Crippen molar-refractivity contribution in [2.45, 2.75) is 45.6 Å². The maximum atomic E-state index is 11.3. The molecule has 1 atom stereocenters. The van der Waals surface area contributed by atoms with Crippen LogP contribution in [0.25, 0.3) is 0 Å². The van der Waals surface area contributed by atoms with Crippen LogP contribution in [-0.2, 0) is 4.79 Å². The number of aliphatic carboxylic acids is 1. The minimum absolute atomic E-state index is 0.528. The number of rotatable bonds is 9. The van der Waals surface area contributed by atoms with E-state index in [9.17, 15) is 9.90 Å². The van der Waals surface area contributed by atoms with Gasteiger partial charge in [-0.3, -0.25) is 4.79 Å². The molecule has 0 aliphatic rings. The van der Waals surface area contributed by atoms with E-state index in [0.717, 1.165) is 17.7 Å². The number of nitrogens with one attached hydrogen (secondary N) is 1. The number of benzene rings is 1. The Balaban J connectivity index is 2.39. The van der Waals surface area contributed by atoms with Crippen LogP contribution in [0.15, 0.2) is 24.3 Å². The van der Waals surface area contributed by atoms with Gasteiger partial charge in [0.05, 0.1) is 6.61 Å². The number of aryl methyl sites for hydroxylation is 1. The maximum Gasteiger partial charge on any atom is 0.323 e. The van der Waals surface area contributed by atoms with Gasteiger partial charge >= 0.3 is 5.97 Å². The van der Waals surface area contributed by atoms with E-state index >= 15 is 0 Å². The van der Waals surface area contributed by atoms with Crippen molar-refractivity contribution >= 4 is 5.97 Å². The van der Waals surface area contributed by atoms with Crippen LogP contribution in [0.1, 0.15) is 38.7 Å². The number of hydrogen-bond acceptors (Lipinski definition) is 3. The van der Waals surface area contributed by atoms with Gasteiger partial charge < -0.3 is 15.2 Å². The average Bonchev–Trinajstić information content (AvgIpc) is 2.41. The van der Waals surface area contributed by atoms with E-state index < -0.39 is 11.5 Å². The third-order valence-electron chi connectivity index (χ3n) is 3.32. The van der Waals surface area contributed by atoms with Crippen molar-refractivity contribution in [1.82, 2.24) is 5.32 Å². The molecule has 0 bridgehead atoms. The summed E-state index contributed by atoms with van der Waals surface area (Å²) >= 11 is 0. The first-order chi connectivity index (χ1) is 9.48. The van der Waals surface area contributed by atoms with Crippen molar-refractivity contribution < 1.29 is 14.6 Å². The van der Waals surface area contributed by atoms with Crippen molar-refractivity contribution in [2.24, 2.45) is 0 Å². The molecule has 0 aromatic heterocycles. The van der Waals surface area contributed by atoms with Gasteiger partial charge in [-0.25, -0.2) is 0 Å². The lowest BCUT2D eigenvalue weighted by Crippen LogP contribution is -2.49.